The number of hydrogen-bond acceptors (Lipinski definition) is 1. The third-order valence-corrected chi connectivity index (χ3v) is 9.88. The molecule has 0 aliphatic carbocycles. The lowest BCUT2D eigenvalue weighted by Gasteiger charge is -2.22. The Morgan fingerprint density at radius 2 is 1.00 bits per heavy atom. The van der Waals surface area contributed by atoms with Gasteiger partial charge in [-0.15, -0.1) is 0 Å². The SMILES string of the molecule is [C-]#[N+]c1cccc(C(F)(F)F)c1-c1cc(-n2c3c(C)cccc3c3cccc(C)c32)c(-n2c3c(C)cccc3c3cccc(C)c32)cc1C#N. The maximum absolute atomic E-state index is 14.7. The molecule has 0 atom stereocenters. The van der Waals surface area contributed by atoms with Crippen molar-refractivity contribution in [2.24, 2.45) is 0 Å². The van der Waals surface area contributed by atoms with Crippen molar-refractivity contribution >= 4 is 49.3 Å². The minimum Gasteiger partial charge on any atom is -0.307 e. The van der Waals surface area contributed by atoms with Gasteiger partial charge in [0.15, 0.2) is 5.69 Å². The van der Waals surface area contributed by atoms with Crippen LogP contribution >= 0.6 is 0 Å². The molecule has 0 radical (unpaired) electrons. The molecule has 0 unspecified atom stereocenters. The molecule has 0 fully saturated rings. The quantitative estimate of drug-likeness (QED) is 0.174. The van der Waals surface area contributed by atoms with Crippen molar-refractivity contribution in [2.75, 3.05) is 0 Å². The molecule has 4 nitrogen and oxygen atoms in total. The minimum absolute atomic E-state index is 0.0386. The first kappa shape index (κ1) is 31.0. The second-order valence-electron chi connectivity index (χ2n) is 12.9. The molecule has 8 rings (SSSR count). The van der Waals surface area contributed by atoms with Gasteiger partial charge in [0.05, 0.1) is 57.2 Å². The molecule has 50 heavy (non-hydrogen) atoms. The lowest BCUT2D eigenvalue weighted by Crippen LogP contribution is -2.10. The van der Waals surface area contributed by atoms with Gasteiger partial charge >= 0.3 is 6.18 Å². The number of fused-ring (bicyclic) bond motifs is 6. The molecule has 6 aromatic carbocycles. The highest BCUT2D eigenvalue weighted by atomic mass is 19.4. The number of alkyl halides is 3. The summed E-state index contributed by atoms with van der Waals surface area (Å²) in [6.07, 6.45) is -4.76. The fraction of sp³-hybridized carbons (Fsp3) is 0.116. The second-order valence-corrected chi connectivity index (χ2v) is 12.9. The third kappa shape index (κ3) is 4.37. The maximum atomic E-state index is 14.7. The maximum Gasteiger partial charge on any atom is 0.415 e. The van der Waals surface area contributed by atoms with Crippen LogP contribution in [0.15, 0.2) is 103 Å². The van der Waals surface area contributed by atoms with E-state index in [0.717, 1.165) is 71.9 Å². The van der Waals surface area contributed by atoms with E-state index in [1.165, 1.54) is 12.1 Å². The number of nitrogens with zero attached hydrogens (tertiary/aromatic N) is 4. The van der Waals surface area contributed by atoms with Crippen LogP contribution in [-0.4, -0.2) is 9.13 Å². The van der Waals surface area contributed by atoms with Crippen molar-refractivity contribution in [3.63, 3.8) is 0 Å². The van der Waals surface area contributed by atoms with Gasteiger partial charge in [-0.3, -0.25) is 0 Å². The van der Waals surface area contributed by atoms with Gasteiger partial charge < -0.3 is 9.13 Å². The summed E-state index contributed by atoms with van der Waals surface area (Å²) in [4.78, 5) is 3.52. The van der Waals surface area contributed by atoms with Gasteiger partial charge in [0, 0.05) is 27.1 Å². The number of aryl methyl sites for hydroxylation is 4. The van der Waals surface area contributed by atoms with E-state index in [2.05, 4.69) is 44.3 Å². The number of aromatic nitrogens is 2. The summed E-state index contributed by atoms with van der Waals surface area (Å²) in [5.41, 5.74) is 7.62. The average molecular weight is 659 g/mol. The molecule has 7 heteroatoms. The number of rotatable bonds is 3. The van der Waals surface area contributed by atoms with Crippen LogP contribution in [0.5, 0.6) is 0 Å². The van der Waals surface area contributed by atoms with Gasteiger partial charge in [0.25, 0.3) is 0 Å². The van der Waals surface area contributed by atoms with E-state index in [0.29, 0.717) is 11.4 Å². The average Bonchev–Trinajstić information content (AvgIpc) is 3.63. The summed E-state index contributed by atoms with van der Waals surface area (Å²) in [5.74, 6) is 0. The molecule has 0 aliphatic rings. The number of halogens is 3. The van der Waals surface area contributed by atoms with E-state index in [1.54, 1.807) is 12.1 Å². The van der Waals surface area contributed by atoms with Crippen LogP contribution in [0.1, 0.15) is 33.4 Å². The summed E-state index contributed by atoms with van der Waals surface area (Å²) in [5, 5.41) is 14.8. The molecule has 2 aromatic heterocycles. The van der Waals surface area contributed by atoms with Crippen molar-refractivity contribution in [1.29, 1.82) is 5.26 Å². The Labute approximate surface area is 286 Å². The van der Waals surface area contributed by atoms with E-state index in [-0.39, 0.29) is 22.4 Å². The van der Waals surface area contributed by atoms with Gasteiger partial charge in [0.1, 0.15) is 0 Å². The van der Waals surface area contributed by atoms with E-state index in [1.807, 2.05) is 76.2 Å². The number of nitriles is 1. The van der Waals surface area contributed by atoms with Crippen molar-refractivity contribution in [2.45, 2.75) is 33.9 Å². The van der Waals surface area contributed by atoms with Crippen molar-refractivity contribution in [1.82, 2.24) is 9.13 Å². The highest BCUT2D eigenvalue weighted by Crippen LogP contribution is 2.47. The summed E-state index contributed by atoms with van der Waals surface area (Å²) < 4.78 is 48.5. The molecular formula is C43H29F3N4. The van der Waals surface area contributed by atoms with Crippen LogP contribution < -0.4 is 0 Å². The Morgan fingerprint density at radius 1 is 0.600 bits per heavy atom. The normalized spacial score (nSPS) is 11.9. The fourth-order valence-electron chi connectivity index (χ4n) is 7.78. The molecule has 0 N–H and O–H groups in total. The highest BCUT2D eigenvalue weighted by Gasteiger charge is 2.36. The Hall–Kier alpha value is -6.31. The summed E-state index contributed by atoms with van der Waals surface area (Å²) in [6, 6.07) is 33.7. The standard InChI is InChI=1S/C43H29F3N4/c1-24-11-6-15-29-30-16-7-12-25(2)40(30)49(39(24)29)36-21-28(23-47)33(38-34(43(44,45)46)19-10-20-35(38)48-5)22-37(36)50-41-26(3)13-8-17-31(41)32-18-9-14-27(4)42(32)50/h6-22H,1-4H3. The van der Waals surface area contributed by atoms with Crippen molar-refractivity contribution < 1.29 is 13.2 Å². The van der Waals surface area contributed by atoms with Gasteiger partial charge in [-0.2, -0.15) is 18.4 Å². The highest BCUT2D eigenvalue weighted by molar-refractivity contribution is 6.14. The van der Waals surface area contributed by atoms with Gasteiger partial charge in [-0.25, -0.2) is 4.85 Å². The molecule has 0 amide bonds. The predicted molar refractivity (Wildman–Crippen MR) is 195 cm³/mol. The summed E-state index contributed by atoms with van der Waals surface area (Å²) in [7, 11) is 0. The Balaban J connectivity index is 1.67. The van der Waals surface area contributed by atoms with E-state index in [4.69, 9.17) is 6.57 Å². The Bertz CT molecular complexity index is 2700. The summed E-state index contributed by atoms with van der Waals surface area (Å²) in [6.45, 7) is 16.0. The monoisotopic (exact) mass is 658 g/mol. The number of para-hydroxylation sites is 4. The molecule has 0 spiro atoms. The van der Waals surface area contributed by atoms with Gasteiger partial charge in [0.2, 0.25) is 0 Å². The van der Waals surface area contributed by atoms with E-state index < -0.39 is 11.7 Å². The van der Waals surface area contributed by atoms with Crippen LogP contribution in [-0.2, 0) is 6.18 Å². The first-order valence-corrected chi connectivity index (χ1v) is 16.2. The van der Waals surface area contributed by atoms with Gasteiger partial charge in [-0.1, -0.05) is 91.0 Å². The van der Waals surface area contributed by atoms with Crippen LogP contribution in [0.4, 0.5) is 18.9 Å². The van der Waals surface area contributed by atoms with Crippen LogP contribution in [0.3, 0.4) is 0 Å². The van der Waals surface area contributed by atoms with Crippen LogP contribution in [0.2, 0.25) is 0 Å². The van der Waals surface area contributed by atoms with Crippen molar-refractivity contribution in [3.05, 3.63) is 148 Å². The number of benzene rings is 6. The van der Waals surface area contributed by atoms with Crippen LogP contribution in [0, 0.1) is 45.6 Å². The first-order chi connectivity index (χ1) is 24.0. The minimum atomic E-state index is -4.76. The molecule has 0 saturated heterocycles. The van der Waals surface area contributed by atoms with Crippen LogP contribution in [0.25, 0.3) is 71.0 Å². The zero-order valence-corrected chi connectivity index (χ0v) is 27.7. The van der Waals surface area contributed by atoms with E-state index >= 15 is 0 Å². The zero-order valence-electron chi connectivity index (χ0n) is 27.7. The topological polar surface area (TPSA) is 38.0 Å². The molecule has 0 bridgehead atoms. The lowest BCUT2D eigenvalue weighted by molar-refractivity contribution is -0.137. The predicted octanol–water partition coefficient (Wildman–Crippen LogP) is 12.2. The van der Waals surface area contributed by atoms with Gasteiger partial charge in [-0.05, 0) is 67.6 Å². The Kier molecular flexibility index (Phi) is 6.89. The Morgan fingerprint density at radius 3 is 1.38 bits per heavy atom. The molecule has 0 aliphatic heterocycles. The molecule has 8 aromatic rings. The molecule has 2 heterocycles. The third-order valence-electron chi connectivity index (χ3n) is 9.88. The second kappa shape index (κ2) is 11.1. The molecule has 242 valence electrons. The summed E-state index contributed by atoms with van der Waals surface area (Å²) >= 11 is 0. The van der Waals surface area contributed by atoms with E-state index in [9.17, 15) is 18.4 Å². The van der Waals surface area contributed by atoms with Crippen molar-refractivity contribution in [3.8, 4) is 28.6 Å². The molecule has 0 saturated carbocycles. The largest absolute Gasteiger partial charge is 0.415 e. The molecular weight excluding hydrogens is 629 g/mol. The number of hydrogen-bond donors (Lipinski definition) is 0. The fourth-order valence-corrected chi connectivity index (χ4v) is 7.78. The first-order valence-electron chi connectivity index (χ1n) is 16.2. The zero-order chi connectivity index (χ0) is 35.1. The smallest absolute Gasteiger partial charge is 0.307 e. The lowest BCUT2D eigenvalue weighted by atomic mass is 9.92.